The molecule has 6 heteroatoms. The first-order valence-corrected chi connectivity index (χ1v) is 10.9. The van der Waals surface area contributed by atoms with Crippen LogP contribution in [0.5, 0.6) is 11.5 Å². The number of nitrogens with zero attached hydrogens (tertiary/aromatic N) is 2. The molecule has 0 radical (unpaired) electrons. The van der Waals surface area contributed by atoms with E-state index >= 15 is 0 Å². The molecular formula is C25H32N2O4. The highest BCUT2D eigenvalue weighted by molar-refractivity contribution is 5.94. The third-order valence-corrected chi connectivity index (χ3v) is 5.62. The van der Waals surface area contributed by atoms with Gasteiger partial charge in [0.05, 0.1) is 7.11 Å². The number of rotatable bonds is 6. The Hall–Kier alpha value is -3.02. The van der Waals surface area contributed by atoms with Crippen LogP contribution in [0, 0.1) is 0 Å². The Morgan fingerprint density at radius 1 is 0.871 bits per heavy atom. The summed E-state index contributed by atoms with van der Waals surface area (Å²) in [7, 11) is 1.58. The molecule has 166 valence electrons. The second-order valence-electron chi connectivity index (χ2n) is 8.19. The first-order chi connectivity index (χ1) is 14.9. The zero-order chi connectivity index (χ0) is 22.4. The van der Waals surface area contributed by atoms with Crippen LogP contribution in [0.25, 0.3) is 0 Å². The van der Waals surface area contributed by atoms with E-state index in [4.69, 9.17) is 9.47 Å². The number of hydrogen-bond donors (Lipinski definition) is 0. The van der Waals surface area contributed by atoms with Gasteiger partial charge in [-0.1, -0.05) is 32.0 Å². The molecule has 2 aromatic carbocycles. The Morgan fingerprint density at radius 2 is 1.55 bits per heavy atom. The Labute approximate surface area is 184 Å². The average molecular weight is 425 g/mol. The minimum atomic E-state index is -0.578. The van der Waals surface area contributed by atoms with Gasteiger partial charge in [-0.3, -0.25) is 9.59 Å². The summed E-state index contributed by atoms with van der Waals surface area (Å²) in [4.78, 5) is 29.4. The predicted octanol–water partition coefficient (Wildman–Crippen LogP) is 3.96. The van der Waals surface area contributed by atoms with Crippen molar-refractivity contribution in [2.75, 3.05) is 33.3 Å². The second-order valence-corrected chi connectivity index (χ2v) is 8.19. The van der Waals surface area contributed by atoms with E-state index in [1.807, 2.05) is 36.4 Å². The monoisotopic (exact) mass is 424 g/mol. The number of benzene rings is 2. The van der Waals surface area contributed by atoms with Crippen molar-refractivity contribution in [1.82, 2.24) is 9.80 Å². The summed E-state index contributed by atoms with van der Waals surface area (Å²) in [6.07, 6.45) is 0.155. The van der Waals surface area contributed by atoms with E-state index in [1.54, 1.807) is 36.0 Å². The molecule has 0 saturated carbocycles. The summed E-state index contributed by atoms with van der Waals surface area (Å²) in [5.74, 6) is 1.71. The molecule has 1 heterocycles. The van der Waals surface area contributed by atoms with Gasteiger partial charge in [0.2, 0.25) is 0 Å². The smallest absolute Gasteiger partial charge is 0.263 e. The van der Waals surface area contributed by atoms with Crippen molar-refractivity contribution in [3.05, 3.63) is 59.7 Å². The van der Waals surface area contributed by atoms with Gasteiger partial charge in [-0.2, -0.15) is 0 Å². The number of ether oxygens (including phenoxy) is 2. The van der Waals surface area contributed by atoms with Crippen molar-refractivity contribution < 1.29 is 19.1 Å². The Balaban J connectivity index is 1.57. The first kappa shape index (κ1) is 22.7. The van der Waals surface area contributed by atoms with E-state index in [-0.39, 0.29) is 11.8 Å². The number of carbonyl (C=O) groups is 2. The fourth-order valence-electron chi connectivity index (χ4n) is 3.72. The van der Waals surface area contributed by atoms with E-state index in [2.05, 4.69) is 13.8 Å². The van der Waals surface area contributed by atoms with Crippen LogP contribution in [0.2, 0.25) is 0 Å². The highest BCUT2D eigenvalue weighted by atomic mass is 16.5. The largest absolute Gasteiger partial charge is 0.497 e. The van der Waals surface area contributed by atoms with Crippen LogP contribution in [0.3, 0.4) is 0 Å². The molecule has 1 saturated heterocycles. The molecule has 1 aliphatic rings. The van der Waals surface area contributed by atoms with Crippen molar-refractivity contribution in [3.63, 3.8) is 0 Å². The molecule has 2 amide bonds. The summed E-state index contributed by atoms with van der Waals surface area (Å²) in [6.45, 7) is 8.29. The van der Waals surface area contributed by atoms with E-state index in [0.717, 1.165) is 6.42 Å². The Bertz CT molecular complexity index is 895. The summed E-state index contributed by atoms with van der Waals surface area (Å²) < 4.78 is 11.1. The van der Waals surface area contributed by atoms with Gasteiger partial charge in [-0.05, 0) is 55.2 Å². The lowest BCUT2D eigenvalue weighted by Crippen LogP contribution is -2.43. The quantitative estimate of drug-likeness (QED) is 0.704. The fourth-order valence-corrected chi connectivity index (χ4v) is 3.72. The topological polar surface area (TPSA) is 59.1 Å². The maximum absolute atomic E-state index is 12.9. The molecule has 0 N–H and O–H groups in total. The van der Waals surface area contributed by atoms with Crippen molar-refractivity contribution in [2.24, 2.45) is 0 Å². The number of methoxy groups -OCH3 is 1. The molecule has 0 aliphatic carbocycles. The molecule has 1 atom stereocenters. The van der Waals surface area contributed by atoms with Crippen molar-refractivity contribution >= 4 is 11.8 Å². The summed E-state index contributed by atoms with van der Waals surface area (Å²) >= 11 is 0. The summed E-state index contributed by atoms with van der Waals surface area (Å²) in [5, 5.41) is 0. The van der Waals surface area contributed by atoms with E-state index in [9.17, 15) is 9.59 Å². The molecule has 6 nitrogen and oxygen atoms in total. The third-order valence-electron chi connectivity index (χ3n) is 5.62. The Kier molecular flexibility index (Phi) is 7.55. The fraction of sp³-hybridized carbons (Fsp3) is 0.440. The summed E-state index contributed by atoms with van der Waals surface area (Å²) in [6, 6.07) is 15.1. The van der Waals surface area contributed by atoms with E-state index in [1.165, 1.54) is 5.56 Å². The molecule has 31 heavy (non-hydrogen) atoms. The molecule has 3 rings (SSSR count). The second kappa shape index (κ2) is 10.3. The maximum Gasteiger partial charge on any atom is 0.263 e. The van der Waals surface area contributed by atoms with E-state index in [0.29, 0.717) is 49.2 Å². The Morgan fingerprint density at radius 3 is 2.23 bits per heavy atom. The van der Waals surface area contributed by atoms with Crippen LogP contribution >= 0.6 is 0 Å². The van der Waals surface area contributed by atoms with Crippen LogP contribution in [0.1, 0.15) is 49.0 Å². The molecular weight excluding hydrogens is 392 g/mol. The number of carbonyl (C=O) groups excluding carboxylic acids is 2. The van der Waals surface area contributed by atoms with Gasteiger partial charge in [-0.15, -0.1) is 0 Å². The van der Waals surface area contributed by atoms with Crippen LogP contribution < -0.4 is 9.47 Å². The van der Waals surface area contributed by atoms with Crippen LogP contribution in [-0.4, -0.2) is 61.0 Å². The van der Waals surface area contributed by atoms with Crippen LogP contribution in [-0.2, 0) is 4.79 Å². The number of hydrogen-bond acceptors (Lipinski definition) is 4. The summed E-state index contributed by atoms with van der Waals surface area (Å²) in [5.41, 5.74) is 1.83. The lowest BCUT2D eigenvalue weighted by atomic mass is 10.0. The zero-order valence-corrected chi connectivity index (χ0v) is 18.8. The standard InChI is InChI=1S/C25H32N2O4/c1-18(2)20-9-11-22(12-10-20)31-19(3)24(28)26-13-6-14-27(16-15-26)25(29)21-7-5-8-23(17-21)30-4/h5,7-12,17-19H,6,13-16H2,1-4H3. The van der Waals surface area contributed by atoms with Gasteiger partial charge in [0, 0.05) is 31.7 Å². The van der Waals surface area contributed by atoms with E-state index < -0.39 is 6.10 Å². The minimum Gasteiger partial charge on any atom is -0.497 e. The van der Waals surface area contributed by atoms with Gasteiger partial charge in [0.1, 0.15) is 11.5 Å². The van der Waals surface area contributed by atoms with Gasteiger partial charge < -0.3 is 19.3 Å². The van der Waals surface area contributed by atoms with Crippen LogP contribution in [0.15, 0.2) is 48.5 Å². The predicted molar refractivity (Wildman–Crippen MR) is 121 cm³/mol. The van der Waals surface area contributed by atoms with Crippen LogP contribution in [0.4, 0.5) is 0 Å². The van der Waals surface area contributed by atoms with Crippen molar-refractivity contribution in [3.8, 4) is 11.5 Å². The lowest BCUT2D eigenvalue weighted by Gasteiger charge is -2.25. The normalized spacial score (nSPS) is 15.4. The average Bonchev–Trinajstić information content (AvgIpc) is 3.04. The first-order valence-electron chi connectivity index (χ1n) is 10.9. The number of amides is 2. The SMILES string of the molecule is COc1cccc(C(=O)N2CCCN(C(=O)C(C)Oc3ccc(C(C)C)cc3)CC2)c1. The molecule has 0 aromatic heterocycles. The highest BCUT2D eigenvalue weighted by Crippen LogP contribution is 2.20. The lowest BCUT2D eigenvalue weighted by molar-refractivity contribution is -0.137. The molecule has 1 unspecified atom stereocenters. The van der Waals surface area contributed by atoms with Gasteiger partial charge in [-0.25, -0.2) is 0 Å². The van der Waals surface area contributed by atoms with Gasteiger partial charge >= 0.3 is 0 Å². The molecule has 1 fully saturated rings. The van der Waals surface area contributed by atoms with Gasteiger partial charge in [0.15, 0.2) is 6.10 Å². The third kappa shape index (κ3) is 5.78. The molecule has 2 aromatic rings. The molecule has 0 spiro atoms. The molecule has 0 bridgehead atoms. The highest BCUT2D eigenvalue weighted by Gasteiger charge is 2.26. The van der Waals surface area contributed by atoms with Crippen molar-refractivity contribution in [2.45, 2.75) is 39.2 Å². The van der Waals surface area contributed by atoms with Gasteiger partial charge in [0.25, 0.3) is 11.8 Å². The molecule has 1 aliphatic heterocycles. The maximum atomic E-state index is 12.9. The zero-order valence-electron chi connectivity index (χ0n) is 18.8. The van der Waals surface area contributed by atoms with Crippen molar-refractivity contribution in [1.29, 1.82) is 0 Å². The minimum absolute atomic E-state index is 0.0391.